The van der Waals surface area contributed by atoms with Crippen molar-refractivity contribution >= 4 is 19.2 Å². The summed E-state index contributed by atoms with van der Waals surface area (Å²) in [4.78, 5) is 12.9. The van der Waals surface area contributed by atoms with E-state index in [-0.39, 0.29) is 16.7 Å². The zero-order valence-electron chi connectivity index (χ0n) is 23.0. The Kier molecular flexibility index (Phi) is 8.59. The topological polar surface area (TPSA) is 76.7 Å². The lowest BCUT2D eigenvalue weighted by molar-refractivity contribution is -0.129. The smallest absolute Gasteiger partial charge is 0.352 e. The van der Waals surface area contributed by atoms with Gasteiger partial charge in [-0.1, -0.05) is 32.9 Å². The van der Waals surface area contributed by atoms with Gasteiger partial charge in [0.15, 0.2) is 0 Å². The maximum atomic E-state index is 13.5. The third-order valence-electron chi connectivity index (χ3n) is 8.28. The second-order valence-corrected chi connectivity index (χ2v) is 15.1. The first-order valence-corrected chi connectivity index (χ1v) is 15.6. The third-order valence-corrected chi connectivity index (χ3v) is 10.6. The Morgan fingerprint density at radius 2 is 1.53 bits per heavy atom. The summed E-state index contributed by atoms with van der Waals surface area (Å²) in [6.45, 7) is 11.3. The van der Waals surface area contributed by atoms with Crippen LogP contribution in [0.15, 0.2) is 24.3 Å². The van der Waals surface area contributed by atoms with Gasteiger partial charge in [-0.25, -0.2) is 0 Å². The second kappa shape index (κ2) is 11.2. The summed E-state index contributed by atoms with van der Waals surface area (Å²) in [5, 5.41) is 6.60. The van der Waals surface area contributed by atoms with Gasteiger partial charge in [-0.15, -0.1) is 0 Å². The average Bonchev–Trinajstić information content (AvgIpc) is 2.76. The van der Waals surface area contributed by atoms with Crippen molar-refractivity contribution < 1.29 is 18.4 Å². The van der Waals surface area contributed by atoms with E-state index >= 15 is 0 Å². The lowest BCUT2D eigenvalue weighted by Crippen LogP contribution is -2.47. The maximum Gasteiger partial charge on any atom is 0.352 e. The highest BCUT2D eigenvalue weighted by molar-refractivity contribution is 7.54. The van der Waals surface area contributed by atoms with Gasteiger partial charge in [-0.3, -0.25) is 9.36 Å². The molecule has 4 bridgehead atoms. The molecule has 1 aromatic rings. The summed E-state index contributed by atoms with van der Waals surface area (Å²) in [7, 11) is -3.33. The van der Waals surface area contributed by atoms with Gasteiger partial charge < -0.3 is 19.7 Å². The Labute approximate surface area is 218 Å². The van der Waals surface area contributed by atoms with Crippen LogP contribution in [0.4, 0.5) is 5.69 Å². The first kappa shape index (κ1) is 27.7. The molecular weight excluding hydrogens is 471 g/mol. The largest absolute Gasteiger partial charge is 0.372 e. The maximum absolute atomic E-state index is 13.5. The minimum atomic E-state index is -3.33. The monoisotopic (exact) mass is 518 g/mol. The molecule has 6 nitrogen and oxygen atoms in total. The van der Waals surface area contributed by atoms with Crippen molar-refractivity contribution in [2.45, 2.75) is 98.3 Å². The van der Waals surface area contributed by atoms with Crippen LogP contribution in [0.5, 0.6) is 0 Å². The zero-order valence-corrected chi connectivity index (χ0v) is 23.9. The second-order valence-electron chi connectivity index (χ2n) is 12.9. The first-order chi connectivity index (χ1) is 17.0. The van der Waals surface area contributed by atoms with Crippen LogP contribution in [0.3, 0.4) is 0 Å². The van der Waals surface area contributed by atoms with Gasteiger partial charge in [-0.2, -0.15) is 0 Å². The molecule has 4 fully saturated rings. The SMILES string of the molecule is CCOP(=O)(OCC)C(CC(C)(C)C)Nc1ccc(CNC(=O)CC23CC4CC(CC(C4)C2)C3)cc1. The van der Waals surface area contributed by atoms with E-state index in [0.29, 0.717) is 32.6 Å². The van der Waals surface area contributed by atoms with Crippen LogP contribution in [-0.4, -0.2) is 24.9 Å². The zero-order chi connectivity index (χ0) is 26.0. The van der Waals surface area contributed by atoms with Gasteiger partial charge in [0.2, 0.25) is 5.91 Å². The molecule has 0 radical (unpaired) electrons. The summed E-state index contributed by atoms with van der Waals surface area (Å²) < 4.78 is 24.9. The number of carbonyl (C=O) groups is 1. The average molecular weight is 519 g/mol. The molecule has 2 N–H and O–H groups in total. The molecule has 0 aliphatic heterocycles. The summed E-state index contributed by atoms with van der Waals surface area (Å²) in [6.07, 6.45) is 9.33. The number of rotatable bonds is 12. The van der Waals surface area contributed by atoms with Crippen LogP contribution in [0.2, 0.25) is 0 Å². The van der Waals surface area contributed by atoms with Crippen molar-refractivity contribution in [1.82, 2.24) is 5.32 Å². The quantitative estimate of drug-likeness (QED) is 0.283. The first-order valence-electron chi connectivity index (χ1n) is 14.0. The molecule has 0 saturated heterocycles. The minimum Gasteiger partial charge on any atom is -0.372 e. The Morgan fingerprint density at radius 3 is 2.00 bits per heavy atom. The van der Waals surface area contributed by atoms with E-state index in [0.717, 1.165) is 29.0 Å². The molecule has 36 heavy (non-hydrogen) atoms. The van der Waals surface area contributed by atoms with Gasteiger partial charge in [-0.05, 0) is 105 Å². The number of anilines is 1. The number of hydrogen-bond donors (Lipinski definition) is 2. The van der Waals surface area contributed by atoms with Gasteiger partial charge in [0.25, 0.3) is 0 Å². The summed E-state index contributed by atoms with van der Waals surface area (Å²) >= 11 is 0. The third kappa shape index (κ3) is 6.94. The van der Waals surface area contributed by atoms with Crippen LogP contribution in [0.1, 0.15) is 91.5 Å². The van der Waals surface area contributed by atoms with Crippen molar-refractivity contribution in [3.8, 4) is 0 Å². The molecule has 202 valence electrons. The highest BCUT2D eigenvalue weighted by atomic mass is 31.2. The van der Waals surface area contributed by atoms with E-state index in [1.807, 2.05) is 38.1 Å². The normalized spacial score (nSPS) is 28.2. The van der Waals surface area contributed by atoms with E-state index in [1.54, 1.807) is 0 Å². The molecule has 4 aliphatic rings. The molecule has 1 aromatic carbocycles. The van der Waals surface area contributed by atoms with Gasteiger partial charge in [0.05, 0.1) is 13.2 Å². The van der Waals surface area contributed by atoms with E-state index in [4.69, 9.17) is 9.05 Å². The molecule has 0 aromatic heterocycles. The molecular formula is C29H47N2O4P. The highest BCUT2D eigenvalue weighted by Crippen LogP contribution is 2.61. The Balaban J connectivity index is 1.33. The van der Waals surface area contributed by atoms with E-state index in [1.165, 1.54) is 38.5 Å². The number of carbonyl (C=O) groups excluding carboxylic acids is 1. The van der Waals surface area contributed by atoms with Crippen LogP contribution in [-0.2, 0) is 25.0 Å². The number of nitrogens with one attached hydrogen (secondary N) is 2. The molecule has 5 rings (SSSR count). The van der Waals surface area contributed by atoms with Crippen molar-refractivity contribution in [3.05, 3.63) is 29.8 Å². The van der Waals surface area contributed by atoms with E-state index in [2.05, 4.69) is 31.4 Å². The molecule has 1 amide bonds. The van der Waals surface area contributed by atoms with Crippen LogP contribution < -0.4 is 10.6 Å². The van der Waals surface area contributed by atoms with Gasteiger partial charge in [0.1, 0.15) is 5.78 Å². The molecule has 1 atom stereocenters. The fourth-order valence-electron chi connectivity index (χ4n) is 7.42. The van der Waals surface area contributed by atoms with Gasteiger partial charge >= 0.3 is 7.60 Å². The summed E-state index contributed by atoms with van der Waals surface area (Å²) in [5.41, 5.74) is 2.14. The summed E-state index contributed by atoms with van der Waals surface area (Å²) in [5.74, 6) is 2.35. The predicted molar refractivity (Wildman–Crippen MR) is 146 cm³/mol. The standard InChI is InChI=1S/C29H47N2O4P/c1-6-34-36(33,35-7-2)27(19-28(3,4)5)31-25-10-8-21(9-11-25)20-30-26(32)18-29-15-22-12-23(16-29)14-24(13-22)17-29/h8-11,22-24,27,31H,6-7,12-20H2,1-5H3,(H,30,32). The number of amides is 1. The Hall–Kier alpha value is -1.36. The molecule has 4 aliphatic carbocycles. The van der Waals surface area contributed by atoms with Crippen LogP contribution >= 0.6 is 7.60 Å². The number of benzene rings is 1. The molecule has 0 spiro atoms. The lowest BCUT2D eigenvalue weighted by Gasteiger charge is -2.56. The van der Waals surface area contributed by atoms with Crippen molar-refractivity contribution in [1.29, 1.82) is 0 Å². The Bertz CT molecular complexity index is 894. The summed E-state index contributed by atoms with van der Waals surface area (Å²) in [6, 6.07) is 8.01. The number of hydrogen-bond acceptors (Lipinski definition) is 5. The highest BCUT2D eigenvalue weighted by Gasteiger charge is 2.51. The Morgan fingerprint density at radius 1 is 1.00 bits per heavy atom. The van der Waals surface area contributed by atoms with Gasteiger partial charge in [0, 0.05) is 18.7 Å². The predicted octanol–water partition coefficient (Wildman–Crippen LogP) is 7.35. The van der Waals surface area contributed by atoms with Crippen molar-refractivity contribution in [3.63, 3.8) is 0 Å². The van der Waals surface area contributed by atoms with Crippen LogP contribution in [0.25, 0.3) is 0 Å². The molecule has 1 unspecified atom stereocenters. The molecule has 7 heteroatoms. The van der Waals surface area contributed by atoms with E-state index in [9.17, 15) is 9.36 Å². The lowest BCUT2D eigenvalue weighted by atomic mass is 9.49. The van der Waals surface area contributed by atoms with Crippen LogP contribution in [0, 0.1) is 28.6 Å². The molecule has 0 heterocycles. The fraction of sp³-hybridized carbons (Fsp3) is 0.759. The molecule has 4 saturated carbocycles. The van der Waals surface area contributed by atoms with Crippen molar-refractivity contribution in [2.75, 3.05) is 18.5 Å². The fourth-order valence-corrected chi connectivity index (χ4v) is 9.65. The van der Waals surface area contributed by atoms with Crippen molar-refractivity contribution in [2.24, 2.45) is 28.6 Å². The van der Waals surface area contributed by atoms with E-state index < -0.39 is 13.4 Å². The minimum absolute atomic E-state index is 0.0531.